The summed E-state index contributed by atoms with van der Waals surface area (Å²) in [6.45, 7) is 3.85. The average Bonchev–Trinajstić information content (AvgIpc) is 2.27. The van der Waals surface area contributed by atoms with Crippen molar-refractivity contribution >= 4 is 15.7 Å². The molecular weight excluding hydrogens is 252 g/mol. The van der Waals surface area contributed by atoms with E-state index in [1.54, 1.807) is 19.1 Å². The Bertz CT molecular complexity index is 480. The Morgan fingerprint density at radius 1 is 1.39 bits per heavy atom. The molecule has 5 nitrogen and oxygen atoms in total. The fourth-order valence-corrected chi connectivity index (χ4v) is 2.76. The van der Waals surface area contributed by atoms with Crippen LogP contribution in [0.4, 0.5) is 5.69 Å². The number of anilines is 1. The number of hydrogen-bond acceptors (Lipinski definition) is 4. The van der Waals surface area contributed by atoms with Crippen LogP contribution in [-0.2, 0) is 10.0 Å². The average molecular weight is 272 g/mol. The van der Waals surface area contributed by atoms with Crippen molar-refractivity contribution in [1.82, 2.24) is 4.72 Å². The minimum absolute atomic E-state index is 0.158. The van der Waals surface area contributed by atoms with Crippen molar-refractivity contribution in [2.45, 2.75) is 37.7 Å². The highest BCUT2D eigenvalue weighted by molar-refractivity contribution is 7.89. The van der Waals surface area contributed by atoms with Crippen LogP contribution in [0.5, 0.6) is 0 Å². The molecule has 6 heteroatoms. The highest BCUT2D eigenvalue weighted by atomic mass is 32.2. The van der Waals surface area contributed by atoms with E-state index in [1.165, 1.54) is 6.07 Å². The second-order valence-corrected chi connectivity index (χ2v) is 6.09. The molecule has 0 amide bonds. The van der Waals surface area contributed by atoms with E-state index in [0.29, 0.717) is 18.5 Å². The highest BCUT2D eigenvalue weighted by Crippen LogP contribution is 2.16. The lowest BCUT2D eigenvalue weighted by atomic mass is 10.2. The first-order valence-corrected chi connectivity index (χ1v) is 7.38. The van der Waals surface area contributed by atoms with Crippen molar-refractivity contribution < 1.29 is 13.5 Å². The SMILES string of the molecule is CCC(O)CCNS(=O)(=O)c1cc(C)cc(N)c1. The van der Waals surface area contributed by atoms with Crippen molar-refractivity contribution in [2.75, 3.05) is 12.3 Å². The smallest absolute Gasteiger partial charge is 0.240 e. The van der Waals surface area contributed by atoms with Crippen molar-refractivity contribution in [2.24, 2.45) is 0 Å². The van der Waals surface area contributed by atoms with Crippen LogP contribution < -0.4 is 10.5 Å². The first-order valence-electron chi connectivity index (χ1n) is 5.90. The number of nitrogens with one attached hydrogen (secondary N) is 1. The molecule has 1 aromatic carbocycles. The van der Waals surface area contributed by atoms with Crippen LogP contribution >= 0.6 is 0 Å². The molecule has 0 bridgehead atoms. The van der Waals surface area contributed by atoms with Crippen LogP contribution in [0.15, 0.2) is 23.1 Å². The van der Waals surface area contributed by atoms with Gasteiger partial charge in [-0.1, -0.05) is 6.92 Å². The predicted molar refractivity (Wildman–Crippen MR) is 71.7 cm³/mol. The van der Waals surface area contributed by atoms with Gasteiger partial charge in [-0.3, -0.25) is 0 Å². The Balaban J connectivity index is 2.74. The summed E-state index contributed by atoms with van der Waals surface area (Å²) in [5.41, 5.74) is 6.84. The largest absolute Gasteiger partial charge is 0.399 e. The molecule has 1 aromatic rings. The number of hydrogen-bond donors (Lipinski definition) is 3. The summed E-state index contributed by atoms with van der Waals surface area (Å²) in [7, 11) is -3.55. The molecule has 0 aliphatic carbocycles. The number of aliphatic hydroxyl groups is 1. The van der Waals surface area contributed by atoms with Crippen molar-refractivity contribution in [1.29, 1.82) is 0 Å². The molecule has 4 N–H and O–H groups in total. The molecule has 0 saturated heterocycles. The molecule has 0 aliphatic heterocycles. The van der Waals surface area contributed by atoms with Crippen LogP contribution in [0, 0.1) is 6.92 Å². The van der Waals surface area contributed by atoms with E-state index < -0.39 is 16.1 Å². The van der Waals surface area contributed by atoms with E-state index in [2.05, 4.69) is 4.72 Å². The van der Waals surface area contributed by atoms with Gasteiger partial charge in [-0.2, -0.15) is 0 Å². The first-order chi connectivity index (χ1) is 8.35. The Morgan fingerprint density at radius 3 is 2.61 bits per heavy atom. The fourth-order valence-electron chi connectivity index (χ4n) is 1.58. The lowest BCUT2D eigenvalue weighted by Crippen LogP contribution is -2.27. The molecule has 0 aromatic heterocycles. The van der Waals surface area contributed by atoms with Crippen LogP contribution in [0.2, 0.25) is 0 Å². The van der Waals surface area contributed by atoms with E-state index in [0.717, 1.165) is 5.56 Å². The fraction of sp³-hybridized carbons (Fsp3) is 0.500. The van der Waals surface area contributed by atoms with Gasteiger partial charge in [0.2, 0.25) is 10.0 Å². The molecule has 0 saturated carbocycles. The van der Waals surface area contributed by atoms with Crippen molar-refractivity contribution in [3.8, 4) is 0 Å². The van der Waals surface area contributed by atoms with E-state index in [1.807, 2.05) is 6.92 Å². The zero-order valence-electron chi connectivity index (χ0n) is 10.7. The van der Waals surface area contributed by atoms with Gasteiger partial charge in [-0.05, 0) is 43.5 Å². The van der Waals surface area contributed by atoms with Gasteiger partial charge in [-0.25, -0.2) is 13.1 Å². The minimum atomic E-state index is -3.55. The number of aliphatic hydroxyl groups excluding tert-OH is 1. The molecule has 0 fully saturated rings. The van der Waals surface area contributed by atoms with Crippen LogP contribution in [0.1, 0.15) is 25.3 Å². The van der Waals surface area contributed by atoms with E-state index in [9.17, 15) is 13.5 Å². The van der Waals surface area contributed by atoms with Gasteiger partial charge >= 0.3 is 0 Å². The maximum absolute atomic E-state index is 12.0. The Kier molecular flexibility index (Phi) is 5.13. The molecular formula is C12H20N2O3S. The summed E-state index contributed by atoms with van der Waals surface area (Å²) in [5, 5.41) is 9.36. The third-order valence-electron chi connectivity index (χ3n) is 2.62. The maximum Gasteiger partial charge on any atom is 0.240 e. The third kappa shape index (κ3) is 4.29. The summed E-state index contributed by atoms with van der Waals surface area (Å²) in [6.07, 6.45) is 0.533. The normalized spacial score (nSPS) is 13.5. The maximum atomic E-state index is 12.0. The summed E-state index contributed by atoms with van der Waals surface area (Å²) in [4.78, 5) is 0.158. The Labute approximate surface area is 108 Å². The first kappa shape index (κ1) is 14.9. The summed E-state index contributed by atoms with van der Waals surface area (Å²) in [6, 6.07) is 4.69. The molecule has 1 rings (SSSR count). The second kappa shape index (κ2) is 6.17. The predicted octanol–water partition coefficient (Wildman–Crippen LogP) is 1.02. The van der Waals surface area contributed by atoms with Crippen molar-refractivity contribution in [3.63, 3.8) is 0 Å². The number of nitrogens with two attached hydrogens (primary N) is 1. The van der Waals surface area contributed by atoms with E-state index in [4.69, 9.17) is 5.73 Å². The molecule has 1 unspecified atom stereocenters. The highest BCUT2D eigenvalue weighted by Gasteiger charge is 2.14. The molecule has 0 spiro atoms. The van der Waals surface area contributed by atoms with Gasteiger partial charge < -0.3 is 10.8 Å². The standard InChI is InChI=1S/C12H20N2O3S/c1-3-11(15)4-5-14-18(16,17)12-7-9(2)6-10(13)8-12/h6-8,11,14-15H,3-5,13H2,1-2H3. The van der Waals surface area contributed by atoms with Gasteiger partial charge in [0.05, 0.1) is 11.0 Å². The molecule has 0 aliphatic rings. The lowest BCUT2D eigenvalue weighted by Gasteiger charge is -2.10. The van der Waals surface area contributed by atoms with E-state index >= 15 is 0 Å². The quantitative estimate of drug-likeness (QED) is 0.674. The number of sulfonamides is 1. The topological polar surface area (TPSA) is 92.4 Å². The zero-order chi connectivity index (χ0) is 13.8. The van der Waals surface area contributed by atoms with Crippen LogP contribution in [0.3, 0.4) is 0 Å². The second-order valence-electron chi connectivity index (χ2n) is 4.33. The molecule has 18 heavy (non-hydrogen) atoms. The number of nitrogen functional groups attached to an aromatic ring is 1. The Hall–Kier alpha value is -1.11. The third-order valence-corrected chi connectivity index (χ3v) is 4.06. The summed E-state index contributed by atoms with van der Waals surface area (Å²) < 4.78 is 26.4. The summed E-state index contributed by atoms with van der Waals surface area (Å²) in [5.74, 6) is 0. The molecule has 102 valence electrons. The van der Waals surface area contributed by atoms with Gasteiger partial charge in [0.1, 0.15) is 0 Å². The van der Waals surface area contributed by atoms with Crippen LogP contribution in [0.25, 0.3) is 0 Å². The molecule has 0 radical (unpaired) electrons. The zero-order valence-corrected chi connectivity index (χ0v) is 11.5. The molecule has 0 heterocycles. The summed E-state index contributed by atoms with van der Waals surface area (Å²) >= 11 is 0. The number of aryl methyl sites for hydroxylation is 1. The van der Waals surface area contributed by atoms with Gasteiger partial charge in [-0.15, -0.1) is 0 Å². The number of rotatable bonds is 6. The van der Waals surface area contributed by atoms with Gasteiger partial charge in [0.15, 0.2) is 0 Å². The monoisotopic (exact) mass is 272 g/mol. The Morgan fingerprint density at radius 2 is 2.06 bits per heavy atom. The molecule has 1 atom stereocenters. The van der Waals surface area contributed by atoms with Gasteiger partial charge in [0.25, 0.3) is 0 Å². The van der Waals surface area contributed by atoms with Gasteiger partial charge in [0, 0.05) is 12.2 Å². The lowest BCUT2D eigenvalue weighted by molar-refractivity contribution is 0.162. The number of benzene rings is 1. The van der Waals surface area contributed by atoms with Crippen molar-refractivity contribution in [3.05, 3.63) is 23.8 Å². The minimum Gasteiger partial charge on any atom is -0.399 e. The van der Waals surface area contributed by atoms with E-state index in [-0.39, 0.29) is 11.4 Å². The van der Waals surface area contributed by atoms with Crippen LogP contribution in [-0.4, -0.2) is 26.2 Å².